The number of H-pyrrole nitrogens is 1. The monoisotopic (exact) mass is 470 g/mol. The Bertz CT molecular complexity index is 1460. The van der Waals surface area contributed by atoms with E-state index in [4.69, 9.17) is 0 Å². The van der Waals surface area contributed by atoms with Crippen LogP contribution in [0.5, 0.6) is 0 Å². The van der Waals surface area contributed by atoms with Gasteiger partial charge in [0.25, 0.3) is 0 Å². The molecule has 0 saturated carbocycles. The number of piperidine rings is 1. The third kappa shape index (κ3) is 4.21. The Morgan fingerprint density at radius 1 is 0.971 bits per heavy atom. The highest BCUT2D eigenvalue weighted by atomic mass is 19.1. The fraction of sp³-hybridized carbons (Fsp3) is 0.222. The van der Waals surface area contributed by atoms with Crippen molar-refractivity contribution < 1.29 is 8.78 Å². The van der Waals surface area contributed by atoms with Crippen LogP contribution in [0.4, 0.5) is 8.78 Å². The summed E-state index contributed by atoms with van der Waals surface area (Å²) >= 11 is 0. The molecule has 5 aromatic rings. The van der Waals surface area contributed by atoms with E-state index in [2.05, 4.69) is 43.5 Å². The SMILES string of the molecule is Fc1cccc(F)c1CN1CCCC(n2cc(-c3ccc4[nH]nc(-c5ccncc5)c4c3)cn2)C1. The van der Waals surface area contributed by atoms with Crippen molar-refractivity contribution in [2.75, 3.05) is 13.1 Å². The van der Waals surface area contributed by atoms with Crippen LogP contribution in [-0.2, 0) is 6.54 Å². The van der Waals surface area contributed by atoms with Gasteiger partial charge in [0.05, 0.1) is 17.8 Å². The van der Waals surface area contributed by atoms with Crippen LogP contribution < -0.4 is 0 Å². The second-order valence-corrected chi connectivity index (χ2v) is 9.01. The van der Waals surface area contributed by atoms with Crippen LogP contribution in [0.25, 0.3) is 33.3 Å². The predicted molar refractivity (Wildman–Crippen MR) is 130 cm³/mol. The van der Waals surface area contributed by atoms with Gasteiger partial charge in [0, 0.05) is 53.8 Å². The Morgan fingerprint density at radius 3 is 2.63 bits per heavy atom. The van der Waals surface area contributed by atoms with Gasteiger partial charge in [0.15, 0.2) is 0 Å². The van der Waals surface area contributed by atoms with E-state index in [0.29, 0.717) is 6.54 Å². The standard InChI is InChI=1S/C27H24F2N6/c28-24-4-1-5-25(29)23(24)17-34-12-2-3-21(16-34)35-15-20(14-31-35)19-6-7-26-22(13-19)27(33-32-26)18-8-10-30-11-9-18/h1,4-11,13-15,21H,2-3,12,16-17H2,(H,32,33). The number of likely N-dealkylation sites (tertiary alicyclic amines) is 1. The molecule has 1 saturated heterocycles. The number of halogens is 2. The summed E-state index contributed by atoms with van der Waals surface area (Å²) in [4.78, 5) is 6.20. The van der Waals surface area contributed by atoms with Gasteiger partial charge in [-0.05, 0) is 61.3 Å². The first kappa shape index (κ1) is 21.6. The van der Waals surface area contributed by atoms with E-state index in [0.717, 1.165) is 52.7 Å². The van der Waals surface area contributed by atoms with Crippen LogP contribution in [0.2, 0.25) is 0 Å². The van der Waals surface area contributed by atoms with Gasteiger partial charge in [0.1, 0.15) is 17.3 Å². The molecule has 0 radical (unpaired) electrons. The zero-order chi connectivity index (χ0) is 23.8. The van der Waals surface area contributed by atoms with Crippen molar-refractivity contribution in [1.82, 2.24) is 29.9 Å². The first-order valence-electron chi connectivity index (χ1n) is 11.7. The van der Waals surface area contributed by atoms with E-state index < -0.39 is 11.6 Å². The number of hydrogen-bond donors (Lipinski definition) is 1. The van der Waals surface area contributed by atoms with Crippen LogP contribution in [0, 0.1) is 11.6 Å². The fourth-order valence-electron chi connectivity index (χ4n) is 4.91. The second kappa shape index (κ2) is 9.03. The van der Waals surface area contributed by atoms with Gasteiger partial charge in [-0.2, -0.15) is 10.2 Å². The summed E-state index contributed by atoms with van der Waals surface area (Å²) in [6.45, 7) is 1.77. The van der Waals surface area contributed by atoms with Crippen molar-refractivity contribution in [3.05, 3.63) is 90.5 Å². The molecule has 1 unspecified atom stereocenters. The van der Waals surface area contributed by atoms with Crippen molar-refractivity contribution in [2.45, 2.75) is 25.4 Å². The Morgan fingerprint density at radius 2 is 1.80 bits per heavy atom. The molecular formula is C27H24F2N6. The van der Waals surface area contributed by atoms with Crippen molar-refractivity contribution in [2.24, 2.45) is 0 Å². The summed E-state index contributed by atoms with van der Waals surface area (Å²) in [5, 5.41) is 13.3. The molecule has 176 valence electrons. The van der Waals surface area contributed by atoms with Crippen LogP contribution in [-0.4, -0.2) is 43.0 Å². The van der Waals surface area contributed by atoms with E-state index in [1.807, 2.05) is 29.1 Å². The first-order chi connectivity index (χ1) is 17.2. The van der Waals surface area contributed by atoms with Gasteiger partial charge in [-0.1, -0.05) is 12.1 Å². The first-order valence-corrected chi connectivity index (χ1v) is 11.7. The van der Waals surface area contributed by atoms with Crippen molar-refractivity contribution >= 4 is 10.9 Å². The molecule has 1 aliphatic heterocycles. The molecule has 35 heavy (non-hydrogen) atoms. The lowest BCUT2D eigenvalue weighted by Gasteiger charge is -2.33. The van der Waals surface area contributed by atoms with Crippen molar-refractivity contribution in [3.63, 3.8) is 0 Å². The number of rotatable bonds is 5. The molecule has 6 rings (SSSR count). The zero-order valence-electron chi connectivity index (χ0n) is 19.0. The van der Waals surface area contributed by atoms with Crippen molar-refractivity contribution in [3.8, 4) is 22.4 Å². The minimum atomic E-state index is -0.491. The third-order valence-electron chi connectivity index (χ3n) is 6.75. The van der Waals surface area contributed by atoms with Gasteiger partial charge >= 0.3 is 0 Å². The van der Waals surface area contributed by atoms with Gasteiger partial charge in [-0.25, -0.2) is 8.78 Å². The zero-order valence-corrected chi connectivity index (χ0v) is 19.0. The van der Waals surface area contributed by atoms with Crippen LogP contribution in [0.3, 0.4) is 0 Å². The van der Waals surface area contributed by atoms with E-state index in [1.165, 1.54) is 18.2 Å². The molecule has 0 aliphatic carbocycles. The molecule has 0 bridgehead atoms. The van der Waals surface area contributed by atoms with Gasteiger partial charge in [0.2, 0.25) is 0 Å². The summed E-state index contributed by atoms with van der Waals surface area (Å²) in [6, 6.07) is 14.3. The average molecular weight is 471 g/mol. The van der Waals surface area contributed by atoms with Crippen LogP contribution in [0.15, 0.2) is 73.3 Å². The van der Waals surface area contributed by atoms with Crippen LogP contribution >= 0.6 is 0 Å². The maximum Gasteiger partial charge on any atom is 0.130 e. The number of fused-ring (bicyclic) bond motifs is 1. The number of nitrogens with one attached hydrogen (secondary N) is 1. The number of aromatic amines is 1. The normalized spacial score (nSPS) is 16.7. The number of pyridine rings is 1. The Labute approximate surface area is 201 Å². The molecule has 0 amide bonds. The maximum atomic E-state index is 14.1. The number of aromatic nitrogens is 5. The Hall–Kier alpha value is -3.91. The molecule has 4 heterocycles. The number of hydrogen-bond acceptors (Lipinski definition) is 4. The highest BCUT2D eigenvalue weighted by Crippen LogP contribution is 2.31. The van der Waals surface area contributed by atoms with Gasteiger partial charge in [-0.3, -0.25) is 19.7 Å². The summed E-state index contributed by atoms with van der Waals surface area (Å²) in [5.41, 5.74) is 5.07. The molecule has 6 nitrogen and oxygen atoms in total. The summed E-state index contributed by atoms with van der Waals surface area (Å²) in [6.07, 6.45) is 9.39. The maximum absolute atomic E-state index is 14.1. The van der Waals surface area contributed by atoms with Gasteiger partial charge < -0.3 is 0 Å². The quantitative estimate of drug-likeness (QED) is 0.363. The molecule has 1 atom stereocenters. The molecule has 1 N–H and O–H groups in total. The smallest absolute Gasteiger partial charge is 0.130 e. The lowest BCUT2D eigenvalue weighted by Crippen LogP contribution is -2.36. The molecule has 8 heteroatoms. The predicted octanol–water partition coefficient (Wildman–Crippen LogP) is 5.60. The van der Waals surface area contributed by atoms with E-state index in [-0.39, 0.29) is 18.2 Å². The molecule has 2 aromatic carbocycles. The van der Waals surface area contributed by atoms with E-state index in [1.54, 1.807) is 12.4 Å². The topological polar surface area (TPSA) is 62.6 Å². The second-order valence-electron chi connectivity index (χ2n) is 9.01. The lowest BCUT2D eigenvalue weighted by molar-refractivity contribution is 0.160. The van der Waals surface area contributed by atoms with E-state index >= 15 is 0 Å². The van der Waals surface area contributed by atoms with Crippen LogP contribution in [0.1, 0.15) is 24.4 Å². The Kier molecular flexibility index (Phi) is 5.58. The lowest BCUT2D eigenvalue weighted by atomic mass is 10.0. The summed E-state index contributed by atoms with van der Waals surface area (Å²) in [5.74, 6) is -0.983. The number of nitrogens with zero attached hydrogens (tertiary/aromatic N) is 5. The van der Waals surface area contributed by atoms with Gasteiger partial charge in [-0.15, -0.1) is 0 Å². The molecule has 1 fully saturated rings. The Balaban J connectivity index is 1.23. The average Bonchev–Trinajstić information content (AvgIpc) is 3.54. The third-order valence-corrected chi connectivity index (χ3v) is 6.75. The highest BCUT2D eigenvalue weighted by Gasteiger charge is 2.24. The largest absolute Gasteiger partial charge is 0.297 e. The molecular weight excluding hydrogens is 446 g/mol. The summed E-state index contributed by atoms with van der Waals surface area (Å²) in [7, 11) is 0. The number of benzene rings is 2. The minimum Gasteiger partial charge on any atom is -0.297 e. The summed E-state index contributed by atoms with van der Waals surface area (Å²) < 4.78 is 30.3. The minimum absolute atomic E-state index is 0.132. The molecule has 3 aromatic heterocycles. The van der Waals surface area contributed by atoms with Crippen molar-refractivity contribution in [1.29, 1.82) is 0 Å². The van der Waals surface area contributed by atoms with E-state index in [9.17, 15) is 8.78 Å². The molecule has 0 spiro atoms. The molecule has 1 aliphatic rings. The fourth-order valence-corrected chi connectivity index (χ4v) is 4.91. The highest BCUT2D eigenvalue weighted by molar-refractivity contribution is 5.95.